The van der Waals surface area contributed by atoms with Crippen LogP contribution in [0.15, 0.2) is 158 Å². The van der Waals surface area contributed by atoms with E-state index in [0.29, 0.717) is 25.7 Å². The van der Waals surface area contributed by atoms with Crippen molar-refractivity contribution in [1.82, 2.24) is 0 Å². The monoisotopic (exact) mass is 1020 g/mol. The Morgan fingerprint density at radius 3 is 0.851 bits per heavy atom. The lowest BCUT2D eigenvalue weighted by Gasteiger charge is -2.18. The van der Waals surface area contributed by atoms with Crippen LogP contribution in [-0.2, 0) is 28.6 Å². The van der Waals surface area contributed by atoms with Gasteiger partial charge in [0.2, 0.25) is 0 Å². The molecule has 0 aliphatic rings. The first-order chi connectivity index (χ1) is 36.5. The van der Waals surface area contributed by atoms with Crippen molar-refractivity contribution < 1.29 is 28.6 Å². The Morgan fingerprint density at radius 2 is 0.527 bits per heavy atom. The van der Waals surface area contributed by atoms with Crippen LogP contribution in [0.4, 0.5) is 0 Å². The molecule has 1 unspecified atom stereocenters. The quantitative estimate of drug-likeness (QED) is 0.0261. The minimum atomic E-state index is -0.807. The number of carbonyl (C=O) groups is 3. The topological polar surface area (TPSA) is 78.9 Å². The third-order valence-electron chi connectivity index (χ3n) is 11.8. The van der Waals surface area contributed by atoms with Gasteiger partial charge in [-0.25, -0.2) is 0 Å². The molecule has 414 valence electrons. The van der Waals surface area contributed by atoms with Gasteiger partial charge in [0.05, 0.1) is 0 Å². The summed E-state index contributed by atoms with van der Waals surface area (Å²) < 4.78 is 16.7. The molecule has 6 heteroatoms. The molecule has 0 aliphatic heterocycles. The number of ether oxygens (including phenoxy) is 3. The number of carbonyl (C=O) groups excluding carboxylic acids is 3. The summed E-state index contributed by atoms with van der Waals surface area (Å²) in [5.41, 5.74) is 0. The number of hydrogen-bond acceptors (Lipinski definition) is 6. The maximum absolute atomic E-state index is 12.8. The van der Waals surface area contributed by atoms with Gasteiger partial charge < -0.3 is 14.2 Å². The van der Waals surface area contributed by atoms with Gasteiger partial charge >= 0.3 is 17.9 Å². The third-order valence-corrected chi connectivity index (χ3v) is 11.8. The van der Waals surface area contributed by atoms with Crippen molar-refractivity contribution in [2.75, 3.05) is 13.2 Å². The molecule has 0 amide bonds. The van der Waals surface area contributed by atoms with Crippen molar-refractivity contribution in [3.63, 3.8) is 0 Å². The first-order valence-electron chi connectivity index (χ1n) is 29.5. The van der Waals surface area contributed by atoms with Crippen LogP contribution in [0.1, 0.15) is 233 Å². The van der Waals surface area contributed by atoms with Gasteiger partial charge in [0.15, 0.2) is 6.10 Å². The molecular formula is C68H106O6. The lowest BCUT2D eigenvalue weighted by atomic mass is 10.1. The molecule has 0 aliphatic carbocycles. The molecule has 0 aromatic heterocycles. The highest BCUT2D eigenvalue weighted by atomic mass is 16.6. The van der Waals surface area contributed by atoms with Gasteiger partial charge in [0, 0.05) is 19.3 Å². The van der Waals surface area contributed by atoms with E-state index in [1.54, 1.807) is 0 Å². The van der Waals surface area contributed by atoms with Gasteiger partial charge in [-0.1, -0.05) is 243 Å². The van der Waals surface area contributed by atoms with E-state index < -0.39 is 6.10 Å². The first kappa shape index (κ1) is 69.0. The van der Waals surface area contributed by atoms with Crippen LogP contribution in [0.2, 0.25) is 0 Å². The largest absolute Gasteiger partial charge is 0.462 e. The zero-order valence-corrected chi connectivity index (χ0v) is 47.3. The number of unbranched alkanes of at least 4 members (excludes halogenated alkanes) is 14. The third kappa shape index (κ3) is 57.9. The van der Waals surface area contributed by atoms with Gasteiger partial charge in [0.25, 0.3) is 0 Å². The fraction of sp³-hybridized carbons (Fsp3) is 0.574. The minimum Gasteiger partial charge on any atom is -0.462 e. The van der Waals surface area contributed by atoms with E-state index in [4.69, 9.17) is 14.2 Å². The number of allylic oxidation sites excluding steroid dienone is 26. The molecule has 74 heavy (non-hydrogen) atoms. The predicted octanol–water partition coefficient (Wildman–Crippen LogP) is 20.1. The van der Waals surface area contributed by atoms with Crippen LogP contribution in [0.25, 0.3) is 0 Å². The Labute approximate surface area is 454 Å². The van der Waals surface area contributed by atoms with Gasteiger partial charge in [-0.2, -0.15) is 0 Å². The number of hydrogen-bond donors (Lipinski definition) is 0. The zero-order valence-electron chi connectivity index (χ0n) is 47.3. The number of esters is 3. The smallest absolute Gasteiger partial charge is 0.306 e. The average Bonchev–Trinajstić information content (AvgIpc) is 3.40. The first-order valence-corrected chi connectivity index (χ1v) is 29.5. The normalized spacial score (nSPS) is 13.3. The lowest BCUT2D eigenvalue weighted by Crippen LogP contribution is -2.30. The molecule has 0 radical (unpaired) electrons. The molecule has 0 saturated carbocycles. The van der Waals surface area contributed by atoms with Gasteiger partial charge in [0.1, 0.15) is 13.2 Å². The van der Waals surface area contributed by atoms with Gasteiger partial charge in [-0.3, -0.25) is 14.4 Å². The Balaban J connectivity index is 4.30. The molecule has 0 N–H and O–H groups in total. The summed E-state index contributed by atoms with van der Waals surface area (Å²) in [7, 11) is 0. The number of rotatable bonds is 51. The van der Waals surface area contributed by atoms with Crippen molar-refractivity contribution in [2.45, 2.75) is 239 Å². The summed E-state index contributed by atoms with van der Waals surface area (Å²) in [6, 6.07) is 0. The molecule has 0 bridgehead atoms. The molecule has 1 atom stereocenters. The van der Waals surface area contributed by atoms with E-state index >= 15 is 0 Å². The van der Waals surface area contributed by atoms with Crippen LogP contribution >= 0.6 is 0 Å². The SMILES string of the molecule is CC/C=C\C/C=C\C/C=C\C/C=C\C/C=C\C/C=C\C/C=C\C/C=C\CCCCC(=O)OCC(COC(=O)CCCCCCCC)OC(=O)CCCCCCCCC/C=C\C/C=C\C/C=C\C/C=C\C/C=C\CC. The molecular weight excluding hydrogens is 913 g/mol. The highest BCUT2D eigenvalue weighted by Crippen LogP contribution is 2.13. The molecule has 0 heterocycles. The van der Waals surface area contributed by atoms with Gasteiger partial charge in [-0.05, 0) is 128 Å². The lowest BCUT2D eigenvalue weighted by molar-refractivity contribution is -0.167. The molecule has 0 saturated heterocycles. The van der Waals surface area contributed by atoms with Crippen molar-refractivity contribution >= 4 is 17.9 Å². The second kappa shape index (κ2) is 60.6. The second-order valence-electron chi connectivity index (χ2n) is 18.8. The van der Waals surface area contributed by atoms with Crippen molar-refractivity contribution in [3.05, 3.63) is 158 Å². The van der Waals surface area contributed by atoms with E-state index in [0.717, 1.165) is 148 Å². The summed E-state index contributed by atoms with van der Waals surface area (Å²) in [6.45, 7) is 6.29. The molecule has 0 fully saturated rings. The molecule has 0 spiro atoms. The summed E-state index contributed by atoms with van der Waals surface area (Å²) in [4.78, 5) is 37.9. The molecule has 0 aromatic carbocycles. The minimum absolute atomic E-state index is 0.103. The molecule has 6 nitrogen and oxygen atoms in total. The van der Waals surface area contributed by atoms with Crippen molar-refractivity contribution in [3.8, 4) is 0 Å². The van der Waals surface area contributed by atoms with Crippen molar-refractivity contribution in [1.29, 1.82) is 0 Å². The van der Waals surface area contributed by atoms with Crippen molar-refractivity contribution in [2.24, 2.45) is 0 Å². The Hall–Kier alpha value is -4.97. The fourth-order valence-corrected chi connectivity index (χ4v) is 7.42. The standard InChI is InChI=1S/C68H106O6/c1-4-7-10-13-16-18-20-22-24-26-28-30-32-33-34-35-37-38-40-42-44-46-48-50-52-55-58-61-67(70)73-64-65(63-72-66(69)60-57-54-15-12-9-6-3)74-68(71)62-59-56-53-51-49-47-45-43-41-39-36-31-29-27-25-23-21-19-17-14-11-8-5-2/h7-8,10-11,16-19,22-25,28-31,33-34,37-39,41-42,44,48,50,65H,4-6,9,12-15,20-21,26-27,32,35-36,40,43,45-47,49,51-64H2,1-3H3/b10-7-,11-8-,18-16-,19-17-,24-22-,25-23-,30-28-,31-29-,34-33-,38-37-,41-39-,44-42-,50-48-. The zero-order chi connectivity index (χ0) is 53.6. The maximum atomic E-state index is 12.8. The molecule has 0 aromatic rings. The van der Waals surface area contributed by atoms with Crippen LogP contribution in [0.3, 0.4) is 0 Å². The van der Waals surface area contributed by atoms with E-state index in [2.05, 4.69) is 179 Å². The van der Waals surface area contributed by atoms with Crippen LogP contribution in [0.5, 0.6) is 0 Å². The summed E-state index contributed by atoms with van der Waals surface area (Å²) in [5, 5.41) is 0. The predicted molar refractivity (Wildman–Crippen MR) is 320 cm³/mol. The average molecular weight is 1020 g/mol. The summed E-state index contributed by atoms with van der Waals surface area (Å²) in [5.74, 6) is -0.979. The second-order valence-corrected chi connectivity index (χ2v) is 18.8. The fourth-order valence-electron chi connectivity index (χ4n) is 7.42. The molecule has 0 rings (SSSR count). The van der Waals surface area contributed by atoms with Gasteiger partial charge in [-0.15, -0.1) is 0 Å². The summed E-state index contributed by atoms with van der Waals surface area (Å²) in [6.07, 6.45) is 88.4. The Kier molecular flexibility index (Phi) is 56.5. The highest BCUT2D eigenvalue weighted by Gasteiger charge is 2.19. The highest BCUT2D eigenvalue weighted by molar-refractivity contribution is 5.71. The maximum Gasteiger partial charge on any atom is 0.306 e. The van der Waals surface area contributed by atoms with Crippen LogP contribution < -0.4 is 0 Å². The van der Waals surface area contributed by atoms with Crippen LogP contribution in [0, 0.1) is 0 Å². The van der Waals surface area contributed by atoms with E-state index in [1.165, 1.54) is 38.5 Å². The van der Waals surface area contributed by atoms with E-state index in [-0.39, 0.29) is 31.1 Å². The Bertz CT molecular complexity index is 1690. The van der Waals surface area contributed by atoms with E-state index in [1.807, 2.05) is 0 Å². The van der Waals surface area contributed by atoms with Crippen LogP contribution in [-0.4, -0.2) is 37.2 Å². The summed E-state index contributed by atoms with van der Waals surface area (Å²) >= 11 is 0. The Morgan fingerprint density at radius 1 is 0.284 bits per heavy atom. The van der Waals surface area contributed by atoms with E-state index in [9.17, 15) is 14.4 Å².